The zero-order valence-electron chi connectivity index (χ0n) is 16.2. The summed E-state index contributed by atoms with van der Waals surface area (Å²) < 4.78 is 38.0. The Balaban J connectivity index is 2.48. The average molecular weight is 407 g/mol. The Hall–Kier alpha value is -2.45. The molecule has 1 aliphatic carbocycles. The highest BCUT2D eigenvalue weighted by atomic mass is 32.2. The van der Waals surface area contributed by atoms with Crippen LogP contribution >= 0.6 is 0 Å². The number of benzene rings is 1. The van der Waals surface area contributed by atoms with Crippen LogP contribution in [-0.4, -0.2) is 50.0 Å². The third kappa shape index (κ3) is 4.88. The summed E-state index contributed by atoms with van der Waals surface area (Å²) in [5.41, 5.74) is 0.914. The monoisotopic (exact) mass is 407 g/mol. The van der Waals surface area contributed by atoms with E-state index in [2.05, 4.69) is 6.58 Å². The minimum absolute atomic E-state index is 0.0698. The molecular formula is C20H25NO6S. The average Bonchev–Trinajstić information content (AvgIpc) is 3.07. The second-order valence-electron chi connectivity index (χ2n) is 6.55. The summed E-state index contributed by atoms with van der Waals surface area (Å²) in [6.07, 6.45) is 4.49. The molecule has 1 aromatic carbocycles. The van der Waals surface area contributed by atoms with Crippen molar-refractivity contribution >= 4 is 22.0 Å². The van der Waals surface area contributed by atoms with Gasteiger partial charge in [-0.3, -0.25) is 9.59 Å². The number of hydrogen-bond donors (Lipinski definition) is 0. The summed E-state index contributed by atoms with van der Waals surface area (Å²) in [6.45, 7) is 6.77. The highest BCUT2D eigenvalue weighted by molar-refractivity contribution is 7.89. The van der Waals surface area contributed by atoms with E-state index < -0.39 is 40.1 Å². The molecule has 0 spiro atoms. The van der Waals surface area contributed by atoms with E-state index >= 15 is 0 Å². The van der Waals surface area contributed by atoms with Gasteiger partial charge in [-0.15, -0.1) is 6.58 Å². The maximum Gasteiger partial charge on any atom is 0.324 e. The molecule has 0 amide bonds. The van der Waals surface area contributed by atoms with Gasteiger partial charge < -0.3 is 9.47 Å². The first-order chi connectivity index (χ1) is 13.2. The Kier molecular flexibility index (Phi) is 7.15. The maximum atomic E-state index is 13.4. The third-order valence-corrected chi connectivity index (χ3v) is 6.38. The maximum absolute atomic E-state index is 13.4. The van der Waals surface area contributed by atoms with Crippen molar-refractivity contribution in [3.05, 3.63) is 54.6 Å². The molecule has 0 radical (unpaired) electrons. The number of ether oxygens (including phenoxy) is 2. The largest absolute Gasteiger partial charge is 0.468 e. The van der Waals surface area contributed by atoms with Crippen molar-refractivity contribution in [3.63, 3.8) is 0 Å². The van der Waals surface area contributed by atoms with E-state index in [4.69, 9.17) is 9.47 Å². The lowest BCUT2D eigenvalue weighted by atomic mass is 10.1. The van der Waals surface area contributed by atoms with Gasteiger partial charge >= 0.3 is 11.9 Å². The zero-order valence-corrected chi connectivity index (χ0v) is 17.0. The predicted molar refractivity (Wildman–Crippen MR) is 104 cm³/mol. The van der Waals surface area contributed by atoms with Gasteiger partial charge in [-0.2, -0.15) is 4.31 Å². The Labute approximate surface area is 165 Å². The molecule has 1 aromatic rings. The molecule has 0 saturated carbocycles. The van der Waals surface area contributed by atoms with E-state index in [9.17, 15) is 18.0 Å². The standard InChI is InChI=1S/C20H25NO6S/c1-5-6-19(20(23)26-4)21(16-9-10-17(13-16)27-15(3)22)28(24,25)18-11-7-14(2)8-12-18/h5,7-12,16-17,19H,1,6,13H2,2-4H3/t16?,17-,19?/m0/s1. The van der Waals surface area contributed by atoms with Gasteiger partial charge in [0.1, 0.15) is 12.1 Å². The third-order valence-electron chi connectivity index (χ3n) is 4.43. The predicted octanol–water partition coefficient (Wildman–Crippen LogP) is 2.36. The first-order valence-corrected chi connectivity index (χ1v) is 10.3. The Morgan fingerprint density at radius 1 is 1.29 bits per heavy atom. The number of hydrogen-bond acceptors (Lipinski definition) is 6. The molecule has 152 valence electrons. The second kappa shape index (κ2) is 9.16. The van der Waals surface area contributed by atoms with Crippen molar-refractivity contribution in [3.8, 4) is 0 Å². The number of sulfonamides is 1. The Morgan fingerprint density at radius 3 is 2.46 bits per heavy atom. The fraction of sp³-hybridized carbons (Fsp3) is 0.400. The van der Waals surface area contributed by atoms with Crippen molar-refractivity contribution in [1.82, 2.24) is 4.31 Å². The summed E-state index contributed by atoms with van der Waals surface area (Å²) in [7, 11) is -2.83. The van der Waals surface area contributed by atoms with Crippen LogP contribution < -0.4 is 0 Å². The molecule has 2 rings (SSSR count). The van der Waals surface area contributed by atoms with E-state index in [1.807, 2.05) is 6.92 Å². The fourth-order valence-electron chi connectivity index (χ4n) is 3.14. The lowest BCUT2D eigenvalue weighted by Gasteiger charge is -2.33. The van der Waals surface area contributed by atoms with E-state index in [1.165, 1.54) is 32.2 Å². The normalized spacial score (nSPS) is 20.0. The van der Waals surface area contributed by atoms with Gasteiger partial charge in [0.05, 0.1) is 12.0 Å². The number of nitrogens with zero attached hydrogens (tertiary/aromatic N) is 1. The molecule has 0 aromatic heterocycles. The molecule has 0 aliphatic heterocycles. The number of aryl methyl sites for hydroxylation is 1. The van der Waals surface area contributed by atoms with Gasteiger partial charge in [-0.25, -0.2) is 8.42 Å². The van der Waals surface area contributed by atoms with Crippen molar-refractivity contribution in [2.45, 2.75) is 49.8 Å². The van der Waals surface area contributed by atoms with Gasteiger partial charge in [0.2, 0.25) is 10.0 Å². The van der Waals surface area contributed by atoms with Crippen LogP contribution in [0.5, 0.6) is 0 Å². The van der Waals surface area contributed by atoms with Gasteiger partial charge in [0.15, 0.2) is 0 Å². The zero-order chi connectivity index (χ0) is 20.9. The van der Waals surface area contributed by atoms with Crippen LogP contribution in [0.1, 0.15) is 25.3 Å². The second-order valence-corrected chi connectivity index (χ2v) is 8.39. The summed E-state index contributed by atoms with van der Waals surface area (Å²) in [5, 5.41) is 0. The van der Waals surface area contributed by atoms with Crippen molar-refractivity contribution < 1.29 is 27.5 Å². The van der Waals surface area contributed by atoms with Crippen molar-refractivity contribution in [1.29, 1.82) is 0 Å². The van der Waals surface area contributed by atoms with Crippen LogP contribution in [0.25, 0.3) is 0 Å². The minimum atomic E-state index is -4.04. The number of esters is 2. The van der Waals surface area contributed by atoms with E-state index in [0.29, 0.717) is 0 Å². The van der Waals surface area contributed by atoms with Crippen LogP contribution in [0.3, 0.4) is 0 Å². The lowest BCUT2D eigenvalue weighted by Crippen LogP contribution is -2.50. The van der Waals surface area contributed by atoms with Gasteiger partial charge in [0, 0.05) is 19.4 Å². The number of carbonyl (C=O) groups excluding carboxylic acids is 2. The van der Waals surface area contributed by atoms with Crippen LogP contribution in [0.2, 0.25) is 0 Å². The number of methoxy groups -OCH3 is 1. The van der Waals surface area contributed by atoms with E-state index in [1.54, 1.807) is 24.3 Å². The molecule has 0 bridgehead atoms. The van der Waals surface area contributed by atoms with Gasteiger partial charge in [-0.05, 0) is 31.6 Å². The SMILES string of the molecule is C=CCC(C(=O)OC)N(C1C=C[C@H](OC(C)=O)C1)S(=O)(=O)c1ccc(C)cc1. The van der Waals surface area contributed by atoms with Crippen LogP contribution in [0.15, 0.2) is 54.0 Å². The van der Waals surface area contributed by atoms with Crippen LogP contribution in [-0.2, 0) is 29.1 Å². The van der Waals surface area contributed by atoms with Gasteiger partial charge in [-0.1, -0.05) is 29.8 Å². The molecule has 0 N–H and O–H groups in total. The van der Waals surface area contributed by atoms with Crippen LogP contribution in [0.4, 0.5) is 0 Å². The molecule has 2 unspecified atom stereocenters. The summed E-state index contributed by atoms with van der Waals surface area (Å²) in [4.78, 5) is 23.7. The Morgan fingerprint density at radius 2 is 1.93 bits per heavy atom. The molecule has 3 atom stereocenters. The van der Waals surface area contributed by atoms with Crippen molar-refractivity contribution in [2.75, 3.05) is 7.11 Å². The molecule has 0 saturated heterocycles. The summed E-state index contributed by atoms with van der Waals surface area (Å²) >= 11 is 0. The number of rotatable bonds is 8. The fourth-order valence-corrected chi connectivity index (χ4v) is 4.89. The molecular weight excluding hydrogens is 382 g/mol. The summed E-state index contributed by atoms with van der Waals surface area (Å²) in [6, 6.07) is 4.64. The lowest BCUT2D eigenvalue weighted by molar-refractivity contribution is -0.147. The minimum Gasteiger partial charge on any atom is -0.468 e. The molecule has 7 nitrogen and oxygen atoms in total. The molecule has 8 heteroatoms. The van der Waals surface area contributed by atoms with Crippen molar-refractivity contribution in [2.24, 2.45) is 0 Å². The topological polar surface area (TPSA) is 90.0 Å². The smallest absolute Gasteiger partial charge is 0.324 e. The highest BCUT2D eigenvalue weighted by Gasteiger charge is 2.42. The molecule has 1 aliphatic rings. The molecule has 28 heavy (non-hydrogen) atoms. The molecule has 0 fully saturated rings. The molecule has 0 heterocycles. The van der Waals surface area contributed by atoms with Crippen LogP contribution in [0, 0.1) is 6.92 Å². The quantitative estimate of drug-likeness (QED) is 0.485. The first-order valence-electron chi connectivity index (χ1n) is 8.85. The number of carbonyl (C=O) groups is 2. The Bertz CT molecular complexity index is 859. The van der Waals surface area contributed by atoms with E-state index in [0.717, 1.165) is 9.87 Å². The first kappa shape index (κ1) is 21.8. The summed E-state index contributed by atoms with van der Waals surface area (Å²) in [5.74, 6) is -1.14. The van der Waals surface area contributed by atoms with Gasteiger partial charge in [0.25, 0.3) is 0 Å². The highest BCUT2D eigenvalue weighted by Crippen LogP contribution is 2.30. The van der Waals surface area contributed by atoms with E-state index in [-0.39, 0.29) is 17.7 Å².